The Bertz CT molecular complexity index is 1320. The van der Waals surface area contributed by atoms with E-state index >= 15 is 0 Å². The van der Waals surface area contributed by atoms with Crippen molar-refractivity contribution < 1.29 is 0 Å². The molecule has 4 nitrogen and oxygen atoms in total. The molecule has 0 aliphatic heterocycles. The molecule has 28 heavy (non-hydrogen) atoms. The summed E-state index contributed by atoms with van der Waals surface area (Å²) in [6.45, 7) is 2.05. The van der Waals surface area contributed by atoms with Gasteiger partial charge in [-0.25, -0.2) is 15.0 Å². The molecule has 6 heteroatoms. The maximum atomic E-state index is 6.28. The smallest absolute Gasteiger partial charge is 0.199 e. The third-order valence-electron chi connectivity index (χ3n) is 4.59. The summed E-state index contributed by atoms with van der Waals surface area (Å²) < 4.78 is 1.96. The van der Waals surface area contributed by atoms with Crippen LogP contribution in [0.3, 0.4) is 0 Å². The Kier molecular flexibility index (Phi) is 4.04. The molecular formula is C22H14Cl2N4. The van der Waals surface area contributed by atoms with Crippen molar-refractivity contribution in [1.29, 1.82) is 0 Å². The van der Waals surface area contributed by atoms with Gasteiger partial charge in [-0.1, -0.05) is 65.2 Å². The second kappa shape index (κ2) is 6.59. The summed E-state index contributed by atoms with van der Waals surface area (Å²) in [5, 5.41) is 1.10. The van der Waals surface area contributed by atoms with Crippen LogP contribution in [-0.4, -0.2) is 19.5 Å². The Labute approximate surface area is 171 Å². The van der Waals surface area contributed by atoms with E-state index in [1.165, 1.54) is 5.56 Å². The fraction of sp³-hybridized carbons (Fsp3) is 0.0455. The van der Waals surface area contributed by atoms with Crippen molar-refractivity contribution in [3.8, 4) is 17.1 Å². The van der Waals surface area contributed by atoms with Gasteiger partial charge in [0.05, 0.1) is 16.7 Å². The van der Waals surface area contributed by atoms with Crippen molar-refractivity contribution in [2.24, 2.45) is 0 Å². The lowest BCUT2D eigenvalue weighted by Gasteiger charge is -2.10. The van der Waals surface area contributed by atoms with Gasteiger partial charge in [0.2, 0.25) is 0 Å². The number of hydrogen-bond donors (Lipinski definition) is 0. The first-order valence-corrected chi connectivity index (χ1v) is 9.53. The fourth-order valence-corrected chi connectivity index (χ4v) is 3.78. The fourth-order valence-electron chi connectivity index (χ4n) is 3.27. The van der Waals surface area contributed by atoms with E-state index in [0.717, 1.165) is 28.1 Å². The van der Waals surface area contributed by atoms with Crippen LogP contribution >= 0.6 is 23.2 Å². The second-order valence-corrected chi connectivity index (χ2v) is 7.50. The zero-order valence-corrected chi connectivity index (χ0v) is 16.4. The highest BCUT2D eigenvalue weighted by atomic mass is 35.5. The summed E-state index contributed by atoms with van der Waals surface area (Å²) in [6.07, 6.45) is 0. The molecule has 0 aliphatic carbocycles. The average molecular weight is 405 g/mol. The van der Waals surface area contributed by atoms with Gasteiger partial charge in [-0.15, -0.1) is 0 Å². The van der Waals surface area contributed by atoms with Gasteiger partial charge in [0, 0.05) is 15.6 Å². The lowest BCUT2D eigenvalue weighted by molar-refractivity contribution is 1.08. The molecule has 0 fully saturated rings. The first-order valence-electron chi connectivity index (χ1n) is 8.77. The molecule has 5 aromatic rings. The van der Waals surface area contributed by atoms with E-state index in [1.54, 1.807) is 6.07 Å². The van der Waals surface area contributed by atoms with Gasteiger partial charge in [0.25, 0.3) is 0 Å². The standard InChI is InChI=1S/C22H14Cl2N4/c1-13-6-8-14(9-7-13)21-27-20-22(26-19-5-3-2-4-18(19)25-20)28(21)17-11-15(23)10-16(24)12-17/h2-12H,1H3. The highest BCUT2D eigenvalue weighted by Gasteiger charge is 2.18. The minimum Gasteiger partial charge on any atom is -0.275 e. The lowest BCUT2D eigenvalue weighted by Crippen LogP contribution is -1.99. The summed E-state index contributed by atoms with van der Waals surface area (Å²) >= 11 is 12.6. The van der Waals surface area contributed by atoms with Gasteiger partial charge in [0.1, 0.15) is 5.82 Å². The number of nitrogens with zero attached hydrogens (tertiary/aromatic N) is 4. The third-order valence-corrected chi connectivity index (χ3v) is 5.02. The minimum atomic E-state index is 0.549. The zero-order valence-electron chi connectivity index (χ0n) is 14.9. The molecule has 2 aromatic heterocycles. The summed E-state index contributed by atoms with van der Waals surface area (Å²) in [4.78, 5) is 14.3. The van der Waals surface area contributed by atoms with Gasteiger partial charge < -0.3 is 0 Å². The predicted octanol–water partition coefficient (Wildman–Crippen LogP) is 6.25. The summed E-state index contributed by atoms with van der Waals surface area (Å²) in [5.74, 6) is 0.739. The zero-order chi connectivity index (χ0) is 19.3. The SMILES string of the molecule is Cc1ccc(-c2nc3nc4ccccc4nc3n2-c2cc(Cl)cc(Cl)c2)cc1. The van der Waals surface area contributed by atoms with E-state index in [-0.39, 0.29) is 0 Å². The Morgan fingerprint density at radius 3 is 2.07 bits per heavy atom. The number of aromatic nitrogens is 4. The van der Waals surface area contributed by atoms with Crippen LogP contribution in [0.15, 0.2) is 66.7 Å². The first-order chi connectivity index (χ1) is 13.6. The lowest BCUT2D eigenvalue weighted by atomic mass is 10.1. The van der Waals surface area contributed by atoms with E-state index in [9.17, 15) is 0 Å². The summed E-state index contributed by atoms with van der Waals surface area (Å²) in [5.41, 5.74) is 5.78. The molecule has 0 saturated heterocycles. The van der Waals surface area contributed by atoms with Gasteiger partial charge in [0.15, 0.2) is 11.3 Å². The number of fused-ring (bicyclic) bond motifs is 2. The van der Waals surface area contributed by atoms with Crippen molar-refractivity contribution in [2.45, 2.75) is 6.92 Å². The Morgan fingerprint density at radius 1 is 0.750 bits per heavy atom. The van der Waals surface area contributed by atoms with Crippen molar-refractivity contribution in [3.05, 3.63) is 82.3 Å². The number of benzene rings is 3. The second-order valence-electron chi connectivity index (χ2n) is 6.62. The predicted molar refractivity (Wildman–Crippen MR) is 114 cm³/mol. The van der Waals surface area contributed by atoms with Crippen LogP contribution < -0.4 is 0 Å². The van der Waals surface area contributed by atoms with E-state index in [0.29, 0.717) is 21.3 Å². The number of hydrogen-bond acceptors (Lipinski definition) is 3. The topological polar surface area (TPSA) is 43.6 Å². The number of aryl methyl sites for hydroxylation is 1. The van der Waals surface area contributed by atoms with Crippen LogP contribution in [0.4, 0.5) is 0 Å². The van der Waals surface area contributed by atoms with Crippen molar-refractivity contribution in [3.63, 3.8) is 0 Å². The van der Waals surface area contributed by atoms with Crippen LogP contribution in [0, 0.1) is 6.92 Å². The van der Waals surface area contributed by atoms with E-state index in [1.807, 2.05) is 53.1 Å². The summed E-state index contributed by atoms with van der Waals surface area (Å²) in [6, 6.07) is 21.4. The monoisotopic (exact) mass is 404 g/mol. The molecule has 0 spiro atoms. The molecule has 0 saturated carbocycles. The molecule has 0 atom stereocenters. The van der Waals surface area contributed by atoms with Gasteiger partial charge in [-0.2, -0.15) is 0 Å². The Hall–Kier alpha value is -2.95. The number of rotatable bonds is 2. The van der Waals surface area contributed by atoms with Crippen molar-refractivity contribution >= 4 is 45.5 Å². The van der Waals surface area contributed by atoms with Gasteiger partial charge in [-0.3, -0.25) is 4.57 Å². The average Bonchev–Trinajstić information content (AvgIpc) is 3.04. The van der Waals surface area contributed by atoms with Crippen LogP contribution in [0.2, 0.25) is 10.0 Å². The largest absolute Gasteiger partial charge is 0.275 e. The molecule has 0 N–H and O–H groups in total. The summed E-state index contributed by atoms with van der Waals surface area (Å²) in [7, 11) is 0. The number of halogens is 2. The minimum absolute atomic E-state index is 0.549. The Balaban J connectivity index is 1.89. The van der Waals surface area contributed by atoms with E-state index in [2.05, 4.69) is 19.1 Å². The van der Waals surface area contributed by atoms with Crippen molar-refractivity contribution in [2.75, 3.05) is 0 Å². The molecular weight excluding hydrogens is 391 g/mol. The molecule has 0 unspecified atom stereocenters. The molecule has 0 amide bonds. The highest BCUT2D eigenvalue weighted by Crippen LogP contribution is 2.31. The van der Waals surface area contributed by atoms with E-state index < -0.39 is 0 Å². The maximum absolute atomic E-state index is 6.28. The van der Waals surface area contributed by atoms with Crippen LogP contribution in [0.1, 0.15) is 5.56 Å². The molecule has 136 valence electrons. The Morgan fingerprint density at radius 2 is 1.39 bits per heavy atom. The third kappa shape index (κ3) is 2.91. The van der Waals surface area contributed by atoms with Gasteiger partial charge in [-0.05, 0) is 37.3 Å². The molecule has 0 aliphatic rings. The quantitative estimate of drug-likeness (QED) is 0.349. The first kappa shape index (κ1) is 17.2. The van der Waals surface area contributed by atoms with Crippen LogP contribution in [-0.2, 0) is 0 Å². The maximum Gasteiger partial charge on any atom is 0.199 e. The number of para-hydroxylation sites is 2. The number of imidazole rings is 1. The van der Waals surface area contributed by atoms with Crippen LogP contribution in [0.5, 0.6) is 0 Å². The van der Waals surface area contributed by atoms with Crippen LogP contribution in [0.25, 0.3) is 39.4 Å². The van der Waals surface area contributed by atoms with Gasteiger partial charge >= 0.3 is 0 Å². The normalized spacial score (nSPS) is 11.4. The molecule has 2 heterocycles. The molecule has 3 aromatic carbocycles. The molecule has 0 radical (unpaired) electrons. The molecule has 0 bridgehead atoms. The van der Waals surface area contributed by atoms with Crippen molar-refractivity contribution in [1.82, 2.24) is 19.5 Å². The highest BCUT2D eigenvalue weighted by molar-refractivity contribution is 6.34. The van der Waals surface area contributed by atoms with E-state index in [4.69, 9.17) is 38.2 Å². The molecule has 5 rings (SSSR count).